The SMILES string of the molecule is O=C(NCC1CCC(C(=O)O)CC1)NC12CC3CC(CC(C3)C1)C2. The third-order valence-electron chi connectivity index (χ3n) is 7.16. The van der Waals surface area contributed by atoms with Crippen LogP contribution in [0.25, 0.3) is 0 Å². The molecule has 4 bridgehead atoms. The molecule has 5 saturated carbocycles. The van der Waals surface area contributed by atoms with Crippen molar-refractivity contribution in [3.8, 4) is 0 Å². The van der Waals surface area contributed by atoms with Gasteiger partial charge in [0.2, 0.25) is 0 Å². The van der Waals surface area contributed by atoms with Crippen LogP contribution in [0.2, 0.25) is 0 Å². The molecule has 5 rings (SSSR count). The van der Waals surface area contributed by atoms with Gasteiger partial charge < -0.3 is 15.7 Å². The van der Waals surface area contributed by atoms with E-state index in [0.717, 1.165) is 43.4 Å². The number of carbonyl (C=O) groups is 2. The molecule has 0 radical (unpaired) electrons. The monoisotopic (exact) mass is 334 g/mol. The molecule has 24 heavy (non-hydrogen) atoms. The molecule has 5 fully saturated rings. The van der Waals surface area contributed by atoms with Gasteiger partial charge in [0.1, 0.15) is 0 Å². The van der Waals surface area contributed by atoms with Gasteiger partial charge in [-0.05, 0) is 87.9 Å². The van der Waals surface area contributed by atoms with Gasteiger partial charge in [-0.15, -0.1) is 0 Å². The summed E-state index contributed by atoms with van der Waals surface area (Å²) in [4.78, 5) is 23.4. The number of hydrogen-bond donors (Lipinski definition) is 3. The fourth-order valence-corrected chi connectivity index (χ4v) is 6.40. The number of aliphatic carboxylic acids is 1. The first-order valence-corrected chi connectivity index (χ1v) is 9.80. The molecule has 0 atom stereocenters. The summed E-state index contributed by atoms with van der Waals surface area (Å²) in [6, 6.07) is -0.00249. The second kappa shape index (κ2) is 6.23. The van der Waals surface area contributed by atoms with E-state index in [-0.39, 0.29) is 17.5 Å². The van der Waals surface area contributed by atoms with Crippen molar-refractivity contribution in [1.29, 1.82) is 0 Å². The summed E-state index contributed by atoms with van der Waals surface area (Å²) < 4.78 is 0. The molecule has 0 aromatic rings. The van der Waals surface area contributed by atoms with Crippen LogP contribution in [0.5, 0.6) is 0 Å². The standard InChI is InChI=1S/C19H30N2O3/c22-17(23)16-3-1-12(2-4-16)11-20-18(24)21-19-8-13-5-14(9-19)7-15(6-13)10-19/h12-16H,1-11H2,(H,22,23)(H2,20,21,24). The average molecular weight is 334 g/mol. The van der Waals surface area contributed by atoms with Gasteiger partial charge in [0.05, 0.1) is 5.92 Å². The van der Waals surface area contributed by atoms with Crippen molar-refractivity contribution in [3.63, 3.8) is 0 Å². The van der Waals surface area contributed by atoms with Gasteiger partial charge in [0.15, 0.2) is 0 Å². The highest BCUT2D eigenvalue weighted by atomic mass is 16.4. The van der Waals surface area contributed by atoms with Crippen LogP contribution in [0, 0.1) is 29.6 Å². The second-order valence-corrected chi connectivity index (χ2v) is 9.09. The highest BCUT2D eigenvalue weighted by molar-refractivity contribution is 5.75. The molecule has 134 valence electrons. The fraction of sp³-hybridized carbons (Fsp3) is 0.895. The zero-order chi connectivity index (χ0) is 16.7. The molecule has 0 heterocycles. The van der Waals surface area contributed by atoms with Crippen molar-refractivity contribution in [2.75, 3.05) is 6.54 Å². The van der Waals surface area contributed by atoms with Crippen LogP contribution >= 0.6 is 0 Å². The minimum atomic E-state index is -0.666. The molecule has 5 heteroatoms. The van der Waals surface area contributed by atoms with Gasteiger partial charge in [-0.25, -0.2) is 4.79 Å². The summed E-state index contributed by atoms with van der Waals surface area (Å²) >= 11 is 0. The predicted octanol–water partition coefficient (Wildman–Crippen LogP) is 3.15. The molecule has 3 N–H and O–H groups in total. The molecule has 0 spiro atoms. The average Bonchev–Trinajstić information content (AvgIpc) is 2.51. The van der Waals surface area contributed by atoms with E-state index in [4.69, 9.17) is 5.11 Å². The summed E-state index contributed by atoms with van der Waals surface area (Å²) in [5.41, 5.74) is 0.0692. The molecule has 0 saturated heterocycles. The maximum Gasteiger partial charge on any atom is 0.315 e. The van der Waals surface area contributed by atoms with Crippen LogP contribution in [0.15, 0.2) is 0 Å². The zero-order valence-electron chi connectivity index (χ0n) is 14.4. The van der Waals surface area contributed by atoms with Crippen molar-refractivity contribution in [3.05, 3.63) is 0 Å². The van der Waals surface area contributed by atoms with E-state index in [0.29, 0.717) is 12.5 Å². The molecule has 2 amide bonds. The van der Waals surface area contributed by atoms with Crippen LogP contribution in [-0.2, 0) is 4.79 Å². The smallest absolute Gasteiger partial charge is 0.315 e. The first-order valence-electron chi connectivity index (χ1n) is 9.80. The largest absolute Gasteiger partial charge is 0.481 e. The van der Waals surface area contributed by atoms with Gasteiger partial charge in [-0.1, -0.05) is 0 Å². The fourth-order valence-electron chi connectivity index (χ4n) is 6.40. The Labute approximate surface area is 144 Å². The van der Waals surface area contributed by atoms with Crippen molar-refractivity contribution in [2.45, 2.75) is 69.7 Å². The van der Waals surface area contributed by atoms with Gasteiger partial charge >= 0.3 is 12.0 Å². The molecule has 5 aliphatic carbocycles. The minimum Gasteiger partial charge on any atom is -0.481 e. The van der Waals surface area contributed by atoms with Crippen LogP contribution in [0.1, 0.15) is 64.2 Å². The van der Waals surface area contributed by atoms with E-state index in [2.05, 4.69) is 10.6 Å². The summed E-state index contributed by atoms with van der Waals surface area (Å²) in [7, 11) is 0. The number of rotatable bonds is 4. The Morgan fingerprint density at radius 2 is 1.46 bits per heavy atom. The predicted molar refractivity (Wildman–Crippen MR) is 90.5 cm³/mol. The molecule has 0 unspecified atom stereocenters. The lowest BCUT2D eigenvalue weighted by molar-refractivity contribution is -0.143. The van der Waals surface area contributed by atoms with Crippen molar-refractivity contribution < 1.29 is 14.7 Å². The maximum atomic E-state index is 12.4. The highest BCUT2D eigenvalue weighted by Gasteiger charge is 2.51. The molecule has 0 aromatic carbocycles. The highest BCUT2D eigenvalue weighted by Crippen LogP contribution is 2.55. The van der Waals surface area contributed by atoms with E-state index in [1.54, 1.807) is 0 Å². The van der Waals surface area contributed by atoms with E-state index in [1.165, 1.54) is 38.5 Å². The molecule has 5 aliphatic rings. The Hall–Kier alpha value is -1.26. The van der Waals surface area contributed by atoms with Crippen LogP contribution in [0.4, 0.5) is 4.79 Å². The first-order chi connectivity index (χ1) is 11.5. The Kier molecular flexibility index (Phi) is 4.21. The number of hydrogen-bond acceptors (Lipinski definition) is 2. The minimum absolute atomic E-state index is 0.00249. The number of carboxylic acid groups (broad SMARTS) is 1. The molecule has 0 aromatic heterocycles. The van der Waals surface area contributed by atoms with E-state index >= 15 is 0 Å². The normalized spacial score (nSPS) is 43.4. The van der Waals surface area contributed by atoms with Crippen LogP contribution in [-0.4, -0.2) is 29.2 Å². The maximum absolute atomic E-state index is 12.4. The lowest BCUT2D eigenvalue weighted by atomic mass is 9.53. The van der Waals surface area contributed by atoms with Crippen molar-refractivity contribution in [1.82, 2.24) is 10.6 Å². The van der Waals surface area contributed by atoms with E-state index in [9.17, 15) is 9.59 Å². The third kappa shape index (κ3) is 3.27. The summed E-state index contributed by atoms with van der Waals surface area (Å²) in [6.07, 6.45) is 11.0. The topological polar surface area (TPSA) is 78.4 Å². The zero-order valence-corrected chi connectivity index (χ0v) is 14.4. The number of nitrogens with one attached hydrogen (secondary N) is 2. The van der Waals surface area contributed by atoms with Crippen molar-refractivity contribution >= 4 is 12.0 Å². The lowest BCUT2D eigenvalue weighted by Gasteiger charge is -2.56. The van der Waals surface area contributed by atoms with Gasteiger partial charge in [0, 0.05) is 12.1 Å². The first kappa shape index (κ1) is 16.2. The molecule has 5 nitrogen and oxygen atoms in total. The molecular weight excluding hydrogens is 304 g/mol. The second-order valence-electron chi connectivity index (χ2n) is 9.09. The van der Waals surface area contributed by atoms with Gasteiger partial charge in [-0.2, -0.15) is 0 Å². The van der Waals surface area contributed by atoms with E-state index < -0.39 is 5.97 Å². The Balaban J connectivity index is 1.24. The number of urea groups is 1. The molecular formula is C19H30N2O3. The molecule has 0 aliphatic heterocycles. The number of carbonyl (C=O) groups excluding carboxylic acids is 1. The Morgan fingerprint density at radius 3 is 1.96 bits per heavy atom. The lowest BCUT2D eigenvalue weighted by Crippen LogP contribution is -2.61. The third-order valence-corrected chi connectivity index (χ3v) is 7.16. The Morgan fingerprint density at radius 1 is 0.917 bits per heavy atom. The summed E-state index contributed by atoms with van der Waals surface area (Å²) in [5, 5.41) is 15.5. The van der Waals surface area contributed by atoms with Gasteiger partial charge in [0.25, 0.3) is 0 Å². The Bertz CT molecular complexity index is 475. The van der Waals surface area contributed by atoms with Crippen LogP contribution < -0.4 is 10.6 Å². The number of amides is 2. The van der Waals surface area contributed by atoms with Gasteiger partial charge in [-0.3, -0.25) is 4.79 Å². The quantitative estimate of drug-likeness (QED) is 0.739. The van der Waals surface area contributed by atoms with Crippen molar-refractivity contribution in [2.24, 2.45) is 29.6 Å². The summed E-state index contributed by atoms with van der Waals surface area (Å²) in [5.74, 6) is 2.10. The van der Waals surface area contributed by atoms with E-state index in [1.807, 2.05) is 0 Å². The number of carboxylic acids is 1. The summed E-state index contributed by atoms with van der Waals surface area (Å²) in [6.45, 7) is 0.685. The van der Waals surface area contributed by atoms with Crippen LogP contribution in [0.3, 0.4) is 0 Å².